The van der Waals surface area contributed by atoms with Crippen LogP contribution in [0.25, 0.3) is 128 Å². The molecule has 0 spiro atoms. The molecule has 6 heteroatoms. The average Bonchev–Trinajstić information content (AvgIpc) is 4.07. The van der Waals surface area contributed by atoms with E-state index in [2.05, 4.69) is 220 Å². The second-order valence-electron chi connectivity index (χ2n) is 17.6. The molecule has 0 fully saturated rings. The Labute approximate surface area is 397 Å². The third kappa shape index (κ3) is 6.09. The average molecular weight is 881 g/mol. The Hall–Kier alpha value is -9.39. The molecule has 0 amide bonds. The van der Waals surface area contributed by atoms with Crippen LogP contribution in [-0.4, -0.2) is 28.7 Å². The molecular weight excluding hydrogens is 841 g/mol. The number of benzene rings is 10. The van der Waals surface area contributed by atoms with Gasteiger partial charge in [-0.1, -0.05) is 188 Å². The number of aromatic nitrogens is 6. The predicted octanol–water partition coefficient (Wildman–Crippen LogP) is 15.8. The first kappa shape index (κ1) is 38.8. The lowest BCUT2D eigenvalue weighted by Gasteiger charge is -2.17. The number of hydrogen-bond acceptors (Lipinski definition) is 3. The molecule has 69 heavy (non-hydrogen) atoms. The van der Waals surface area contributed by atoms with Gasteiger partial charge in [0.25, 0.3) is 0 Å². The number of hydrogen-bond donors (Lipinski definition) is 0. The van der Waals surface area contributed by atoms with Crippen molar-refractivity contribution in [2.75, 3.05) is 0 Å². The van der Waals surface area contributed by atoms with Gasteiger partial charge >= 0.3 is 0 Å². The molecule has 14 aromatic rings. The molecule has 0 saturated carbocycles. The fourth-order valence-corrected chi connectivity index (χ4v) is 10.7. The zero-order valence-electron chi connectivity index (χ0n) is 37.3. The minimum absolute atomic E-state index is 0.591. The number of rotatable bonds is 7. The summed E-state index contributed by atoms with van der Waals surface area (Å²) in [5.41, 5.74) is 14.9. The third-order valence-electron chi connectivity index (χ3n) is 13.7. The molecule has 322 valence electrons. The lowest BCUT2D eigenvalue weighted by atomic mass is 10.0. The SMILES string of the molecule is c1ccc(-c2ccc3c4ccccc4n(-c4cccc5c6c(-n7c8ccccc8c8ccccc87)cccc6n(-c6ccccc6-c6nc(-c7ccccc7)nc(-c7ccccc7)n6)c45)c3c2)cc1. The van der Waals surface area contributed by atoms with Crippen molar-refractivity contribution >= 4 is 65.4 Å². The quantitative estimate of drug-likeness (QED) is 0.160. The highest BCUT2D eigenvalue weighted by Gasteiger charge is 2.26. The van der Waals surface area contributed by atoms with Crippen LogP contribution in [0.3, 0.4) is 0 Å². The van der Waals surface area contributed by atoms with Crippen molar-refractivity contribution in [3.63, 3.8) is 0 Å². The van der Waals surface area contributed by atoms with Crippen LogP contribution in [0.1, 0.15) is 0 Å². The van der Waals surface area contributed by atoms with E-state index in [1.54, 1.807) is 0 Å². The molecule has 6 nitrogen and oxygen atoms in total. The molecule has 0 bridgehead atoms. The van der Waals surface area contributed by atoms with Crippen molar-refractivity contribution in [3.8, 4) is 62.4 Å². The van der Waals surface area contributed by atoms with Crippen molar-refractivity contribution in [2.24, 2.45) is 0 Å². The van der Waals surface area contributed by atoms with Crippen molar-refractivity contribution < 1.29 is 0 Å². The Morgan fingerprint density at radius 3 is 1.30 bits per heavy atom. The number of fused-ring (bicyclic) bond motifs is 9. The van der Waals surface area contributed by atoms with Crippen LogP contribution < -0.4 is 0 Å². The summed E-state index contributed by atoms with van der Waals surface area (Å²) >= 11 is 0. The highest BCUT2D eigenvalue weighted by atomic mass is 15.1. The highest BCUT2D eigenvalue weighted by molar-refractivity contribution is 6.19. The number of para-hydroxylation sites is 5. The van der Waals surface area contributed by atoms with Gasteiger partial charge in [0.1, 0.15) is 0 Å². The molecule has 0 radical (unpaired) electrons. The van der Waals surface area contributed by atoms with Crippen LogP contribution in [0.5, 0.6) is 0 Å². The smallest absolute Gasteiger partial charge is 0.166 e. The Balaban J connectivity index is 1.13. The molecule has 0 atom stereocenters. The molecule has 4 aromatic heterocycles. The van der Waals surface area contributed by atoms with Crippen molar-refractivity contribution in [1.29, 1.82) is 0 Å². The molecule has 0 unspecified atom stereocenters. The molecular formula is C63H40N6. The summed E-state index contributed by atoms with van der Waals surface area (Å²) in [6.45, 7) is 0. The molecule has 0 aliphatic heterocycles. The Bertz CT molecular complexity index is 4190. The van der Waals surface area contributed by atoms with Crippen LogP contribution in [-0.2, 0) is 0 Å². The topological polar surface area (TPSA) is 53.5 Å². The normalized spacial score (nSPS) is 11.8. The summed E-state index contributed by atoms with van der Waals surface area (Å²) in [6.07, 6.45) is 0. The summed E-state index contributed by atoms with van der Waals surface area (Å²) < 4.78 is 7.39. The van der Waals surface area contributed by atoms with E-state index in [1.807, 2.05) is 36.4 Å². The highest BCUT2D eigenvalue weighted by Crippen LogP contribution is 2.45. The fraction of sp³-hybridized carbons (Fsp3) is 0. The molecule has 0 saturated heterocycles. The maximum Gasteiger partial charge on any atom is 0.166 e. The van der Waals surface area contributed by atoms with Gasteiger partial charge in [-0.05, 0) is 65.7 Å². The molecule has 4 heterocycles. The van der Waals surface area contributed by atoms with Gasteiger partial charge in [0.15, 0.2) is 17.5 Å². The Kier molecular flexibility index (Phi) is 8.79. The van der Waals surface area contributed by atoms with E-state index in [-0.39, 0.29) is 0 Å². The van der Waals surface area contributed by atoms with Gasteiger partial charge in [-0.2, -0.15) is 0 Å². The van der Waals surface area contributed by atoms with E-state index in [0.29, 0.717) is 17.5 Å². The van der Waals surface area contributed by atoms with Crippen LogP contribution >= 0.6 is 0 Å². The van der Waals surface area contributed by atoms with E-state index in [4.69, 9.17) is 15.0 Å². The first-order valence-corrected chi connectivity index (χ1v) is 23.4. The van der Waals surface area contributed by atoms with Crippen LogP contribution in [0.2, 0.25) is 0 Å². The second-order valence-corrected chi connectivity index (χ2v) is 17.6. The van der Waals surface area contributed by atoms with Crippen LogP contribution in [0.15, 0.2) is 243 Å². The van der Waals surface area contributed by atoms with E-state index in [1.165, 1.54) is 27.1 Å². The lowest BCUT2D eigenvalue weighted by molar-refractivity contribution is 1.06. The van der Waals surface area contributed by atoms with Crippen LogP contribution in [0.4, 0.5) is 0 Å². The second kappa shape index (κ2) is 15.6. The van der Waals surface area contributed by atoms with Crippen molar-refractivity contribution in [1.82, 2.24) is 28.7 Å². The van der Waals surface area contributed by atoms with E-state index in [9.17, 15) is 0 Å². The fourth-order valence-electron chi connectivity index (χ4n) is 10.7. The maximum atomic E-state index is 5.30. The molecule has 0 aliphatic rings. The first-order chi connectivity index (χ1) is 34.3. The summed E-state index contributed by atoms with van der Waals surface area (Å²) in [4.78, 5) is 15.7. The van der Waals surface area contributed by atoms with Crippen LogP contribution in [0, 0.1) is 0 Å². The van der Waals surface area contributed by atoms with Gasteiger partial charge in [0.2, 0.25) is 0 Å². The van der Waals surface area contributed by atoms with E-state index < -0.39 is 0 Å². The van der Waals surface area contributed by atoms with Gasteiger partial charge in [-0.25, -0.2) is 15.0 Å². The molecule has 14 rings (SSSR count). The third-order valence-corrected chi connectivity index (χ3v) is 13.7. The minimum atomic E-state index is 0.591. The standard InChI is InChI=1S/C63H40N6/c1-4-20-41(21-5-1)44-38-39-48-47-28-12-16-33-53(47)68(58(48)40-44)57-37-18-30-50-59-55(67-51-31-14-10-26-45(51)46-27-11-15-32-52(46)67)35-19-36-56(59)69(60(50)57)54-34-17-13-29-49(54)63-65-61(42-22-6-2-7-23-42)64-62(66-63)43-24-8-3-9-25-43/h1-40H. The molecule has 0 aliphatic carbocycles. The van der Waals surface area contributed by atoms with Gasteiger partial charge in [0.05, 0.1) is 50.2 Å². The zero-order valence-corrected chi connectivity index (χ0v) is 37.3. The summed E-state index contributed by atoms with van der Waals surface area (Å²) in [7, 11) is 0. The lowest BCUT2D eigenvalue weighted by Crippen LogP contribution is -2.05. The predicted molar refractivity (Wildman–Crippen MR) is 285 cm³/mol. The monoisotopic (exact) mass is 880 g/mol. The van der Waals surface area contributed by atoms with Gasteiger partial charge < -0.3 is 13.7 Å². The van der Waals surface area contributed by atoms with Crippen molar-refractivity contribution in [2.45, 2.75) is 0 Å². The van der Waals surface area contributed by atoms with Gasteiger partial charge in [-0.15, -0.1) is 0 Å². The van der Waals surface area contributed by atoms with Gasteiger partial charge in [0, 0.05) is 49.0 Å². The summed E-state index contributed by atoms with van der Waals surface area (Å²) in [5.74, 6) is 1.82. The minimum Gasteiger partial charge on any atom is -0.309 e. The zero-order chi connectivity index (χ0) is 45.4. The van der Waals surface area contributed by atoms with E-state index >= 15 is 0 Å². The molecule has 0 N–H and O–H groups in total. The summed E-state index contributed by atoms with van der Waals surface area (Å²) in [6, 6.07) is 86.4. The van der Waals surface area contributed by atoms with Crippen molar-refractivity contribution in [3.05, 3.63) is 243 Å². The largest absolute Gasteiger partial charge is 0.309 e. The van der Waals surface area contributed by atoms with Gasteiger partial charge in [-0.3, -0.25) is 0 Å². The first-order valence-electron chi connectivity index (χ1n) is 23.4. The molecule has 10 aromatic carbocycles. The Morgan fingerprint density at radius 2 is 0.681 bits per heavy atom. The van der Waals surface area contributed by atoms with E-state index in [0.717, 1.165) is 83.2 Å². The number of nitrogens with zero attached hydrogens (tertiary/aromatic N) is 6. The summed E-state index contributed by atoms with van der Waals surface area (Å²) in [5, 5.41) is 7.11. The Morgan fingerprint density at radius 1 is 0.246 bits per heavy atom. The maximum absolute atomic E-state index is 5.30.